The van der Waals surface area contributed by atoms with Gasteiger partial charge in [0.05, 0.1) is 0 Å². The Bertz CT molecular complexity index is 283. The molecular weight excluding hydrogens is 195 g/mol. The largest absolute Gasteiger partial charge is 0.430 e. The van der Waals surface area contributed by atoms with Gasteiger partial charge in [-0.05, 0) is 11.5 Å². The first-order chi connectivity index (χ1) is 5.55. The molecule has 1 rings (SSSR count). The summed E-state index contributed by atoms with van der Waals surface area (Å²) in [6, 6.07) is 0. The van der Waals surface area contributed by atoms with Gasteiger partial charge >= 0.3 is 12.6 Å². The van der Waals surface area contributed by atoms with Crippen molar-refractivity contribution < 1.29 is 18.0 Å². The first-order valence-corrected chi connectivity index (χ1v) is 3.35. The maximum atomic E-state index is 12.0. The molecule has 1 aromatic rings. The fraction of sp³-hybridized carbons (Fsp3) is 0.250. The van der Waals surface area contributed by atoms with E-state index in [4.69, 9.17) is 0 Å². The Kier molecular flexibility index (Phi) is 2.27. The van der Waals surface area contributed by atoms with Gasteiger partial charge in [-0.25, -0.2) is 0 Å². The Hall–Kier alpha value is -1.18. The summed E-state index contributed by atoms with van der Waals surface area (Å²) in [5.41, 5.74) is 0. The highest BCUT2D eigenvalue weighted by molar-refractivity contribution is 7.06. The fourth-order valence-corrected chi connectivity index (χ4v) is 0.993. The molecule has 0 fully saturated rings. The quantitative estimate of drug-likeness (QED) is 0.719. The predicted molar refractivity (Wildman–Crippen MR) is 34.2 cm³/mol. The summed E-state index contributed by atoms with van der Waals surface area (Å²) in [6.07, 6.45) is -3.45. The molecule has 1 radical (unpaired) electrons. The number of amides is 1. The van der Waals surface area contributed by atoms with Crippen molar-refractivity contribution in [2.45, 2.75) is 6.18 Å². The van der Waals surface area contributed by atoms with E-state index < -0.39 is 16.9 Å². The van der Waals surface area contributed by atoms with E-state index in [-0.39, 0.29) is 11.5 Å². The van der Waals surface area contributed by atoms with E-state index in [1.165, 1.54) is 0 Å². The van der Waals surface area contributed by atoms with Gasteiger partial charge in [0, 0.05) is 0 Å². The number of hydrogen-bond donors (Lipinski definition) is 1. The van der Waals surface area contributed by atoms with Gasteiger partial charge in [-0.15, -0.1) is 5.10 Å². The van der Waals surface area contributed by atoms with Gasteiger partial charge in [0.2, 0.25) is 0 Å². The number of halogens is 3. The van der Waals surface area contributed by atoms with Crippen LogP contribution in [0.25, 0.3) is 0 Å². The van der Waals surface area contributed by atoms with Crippen molar-refractivity contribution in [1.82, 2.24) is 9.59 Å². The predicted octanol–water partition coefficient (Wildman–Crippen LogP) is 1.04. The van der Waals surface area contributed by atoms with Crippen LogP contribution in [0, 0.1) is 0 Å². The van der Waals surface area contributed by atoms with Gasteiger partial charge in [-0.1, -0.05) is 4.49 Å². The number of aromatic nitrogens is 2. The van der Waals surface area contributed by atoms with Crippen LogP contribution < -0.4 is 5.32 Å². The van der Waals surface area contributed by atoms with Crippen LogP contribution in [0.15, 0.2) is 0 Å². The number of hydrogen-bond acceptors (Lipinski definition) is 4. The highest BCUT2D eigenvalue weighted by Crippen LogP contribution is 2.35. The minimum Gasteiger partial charge on any atom is -0.300 e. The summed E-state index contributed by atoms with van der Waals surface area (Å²) in [5.74, 6) is -0.609. The van der Waals surface area contributed by atoms with Crippen molar-refractivity contribution in [2.24, 2.45) is 0 Å². The molecular formula is C4HF3N3OS. The molecule has 0 atom stereocenters. The Morgan fingerprint density at radius 1 is 1.50 bits per heavy atom. The summed E-state index contributed by atoms with van der Waals surface area (Å²) in [4.78, 5) is 8.65. The SMILES string of the molecule is O=[C]Nc1nnsc1C(F)(F)F. The fourth-order valence-electron chi connectivity index (χ4n) is 0.507. The molecule has 4 nitrogen and oxygen atoms in total. The monoisotopic (exact) mass is 196 g/mol. The third-order valence-electron chi connectivity index (χ3n) is 0.915. The minimum absolute atomic E-state index is 0.169. The summed E-state index contributed by atoms with van der Waals surface area (Å²) in [6.45, 7) is 0. The van der Waals surface area contributed by atoms with E-state index in [2.05, 4.69) is 9.59 Å². The van der Waals surface area contributed by atoms with Crippen LogP contribution in [-0.2, 0) is 11.0 Å². The zero-order valence-electron chi connectivity index (χ0n) is 5.34. The van der Waals surface area contributed by atoms with Gasteiger partial charge in [0.1, 0.15) is 0 Å². The van der Waals surface area contributed by atoms with Crippen molar-refractivity contribution in [2.75, 3.05) is 5.32 Å². The molecule has 0 aromatic carbocycles. The average Bonchev–Trinajstić information content (AvgIpc) is 2.34. The average molecular weight is 196 g/mol. The lowest BCUT2D eigenvalue weighted by molar-refractivity contribution is -0.133. The number of alkyl halides is 3. The van der Waals surface area contributed by atoms with Gasteiger partial charge < -0.3 is 0 Å². The highest BCUT2D eigenvalue weighted by atomic mass is 32.1. The number of anilines is 1. The summed E-state index contributed by atoms with van der Waals surface area (Å²) in [5, 5.41) is 4.72. The molecule has 0 aliphatic heterocycles. The van der Waals surface area contributed by atoms with Crippen molar-refractivity contribution in [3.05, 3.63) is 4.88 Å². The van der Waals surface area contributed by atoms with Crippen molar-refractivity contribution >= 4 is 23.8 Å². The van der Waals surface area contributed by atoms with Gasteiger partial charge in [0.15, 0.2) is 10.7 Å². The summed E-state index contributed by atoms with van der Waals surface area (Å²) in [7, 11) is 0. The Morgan fingerprint density at radius 2 is 2.17 bits per heavy atom. The molecule has 65 valence electrons. The van der Waals surface area contributed by atoms with Crippen LogP contribution in [0.5, 0.6) is 0 Å². The number of nitrogens with one attached hydrogen (secondary N) is 1. The van der Waals surface area contributed by atoms with E-state index in [0.717, 1.165) is 6.41 Å². The lowest BCUT2D eigenvalue weighted by Crippen LogP contribution is -2.07. The second-order valence-electron chi connectivity index (χ2n) is 1.68. The van der Waals surface area contributed by atoms with Crippen LogP contribution in [0.2, 0.25) is 0 Å². The molecule has 1 N–H and O–H groups in total. The van der Waals surface area contributed by atoms with E-state index in [9.17, 15) is 18.0 Å². The molecule has 0 saturated carbocycles. The number of carbonyl (C=O) groups excluding carboxylic acids is 1. The Morgan fingerprint density at radius 3 is 2.67 bits per heavy atom. The maximum Gasteiger partial charge on any atom is 0.430 e. The third-order valence-corrected chi connectivity index (χ3v) is 1.69. The van der Waals surface area contributed by atoms with Crippen molar-refractivity contribution in [3.8, 4) is 0 Å². The standard InChI is InChI=1S/C4HF3N3OS/c5-4(6,7)2-3(8-1-11)9-10-12-2/h(H,8,11). The zero-order chi connectivity index (χ0) is 9.19. The molecule has 0 unspecified atom stereocenters. The van der Waals surface area contributed by atoms with Gasteiger partial charge in [-0.2, -0.15) is 13.2 Å². The van der Waals surface area contributed by atoms with Gasteiger partial charge in [0.25, 0.3) is 0 Å². The first-order valence-electron chi connectivity index (χ1n) is 2.58. The topological polar surface area (TPSA) is 54.9 Å². The Labute approximate surface area is 68.6 Å². The van der Waals surface area contributed by atoms with E-state index >= 15 is 0 Å². The summed E-state index contributed by atoms with van der Waals surface area (Å²) < 4.78 is 38.9. The van der Waals surface area contributed by atoms with E-state index in [1.54, 1.807) is 5.32 Å². The van der Waals surface area contributed by atoms with Crippen molar-refractivity contribution in [3.63, 3.8) is 0 Å². The smallest absolute Gasteiger partial charge is 0.300 e. The van der Waals surface area contributed by atoms with Crippen molar-refractivity contribution in [1.29, 1.82) is 0 Å². The van der Waals surface area contributed by atoms with E-state index in [1.807, 2.05) is 0 Å². The minimum atomic E-state index is -4.53. The number of nitrogens with zero attached hydrogens (tertiary/aromatic N) is 2. The second kappa shape index (κ2) is 3.05. The molecule has 12 heavy (non-hydrogen) atoms. The highest BCUT2D eigenvalue weighted by Gasteiger charge is 2.37. The molecule has 0 aliphatic carbocycles. The second-order valence-corrected chi connectivity index (χ2v) is 2.43. The molecule has 8 heteroatoms. The molecule has 0 saturated heterocycles. The van der Waals surface area contributed by atoms with Crippen LogP contribution >= 0.6 is 11.5 Å². The normalized spacial score (nSPS) is 11.2. The molecule has 0 aliphatic rings. The van der Waals surface area contributed by atoms with Crippen LogP contribution in [0.3, 0.4) is 0 Å². The molecule has 1 amide bonds. The molecule has 1 heterocycles. The Balaban J connectivity index is 2.99. The maximum absolute atomic E-state index is 12.0. The molecule has 0 spiro atoms. The molecule has 0 bridgehead atoms. The van der Waals surface area contributed by atoms with Crippen LogP contribution in [0.1, 0.15) is 4.88 Å². The van der Waals surface area contributed by atoms with Crippen LogP contribution in [-0.4, -0.2) is 16.0 Å². The van der Waals surface area contributed by atoms with E-state index in [0.29, 0.717) is 0 Å². The molecule has 1 aromatic heterocycles. The first kappa shape index (κ1) is 8.91. The summed E-state index contributed by atoms with van der Waals surface area (Å²) >= 11 is 0.169. The van der Waals surface area contributed by atoms with Crippen LogP contribution in [0.4, 0.5) is 19.0 Å². The third kappa shape index (κ3) is 1.70. The number of rotatable bonds is 2. The van der Waals surface area contributed by atoms with Gasteiger partial charge in [-0.3, -0.25) is 10.1 Å². The zero-order valence-corrected chi connectivity index (χ0v) is 6.16. The lowest BCUT2D eigenvalue weighted by Gasteiger charge is -2.01. The lowest BCUT2D eigenvalue weighted by atomic mass is 10.5.